The van der Waals surface area contributed by atoms with Crippen molar-refractivity contribution < 1.29 is 9.90 Å². The molecule has 1 aromatic carbocycles. The molecule has 1 rings (SSSR count). The summed E-state index contributed by atoms with van der Waals surface area (Å²) in [5, 5.41) is 8.59. The fourth-order valence-corrected chi connectivity index (χ4v) is 0.933. The Morgan fingerprint density at radius 3 is 2.08 bits per heavy atom. The smallest absolute Gasteiger partial charge is 0.335 e. The second-order valence-electron chi connectivity index (χ2n) is 2.31. The van der Waals surface area contributed by atoms with Crippen molar-refractivity contribution in [2.24, 2.45) is 0 Å². The van der Waals surface area contributed by atoms with Crippen LogP contribution in [0.5, 0.6) is 0 Å². The first-order valence-electron chi connectivity index (χ1n) is 3.13. The van der Waals surface area contributed by atoms with Crippen LogP contribution in [0.4, 0.5) is 11.4 Å². The first kappa shape index (κ1) is 8.73. The van der Waals surface area contributed by atoms with Crippen LogP contribution in [0.15, 0.2) is 17.0 Å². The van der Waals surface area contributed by atoms with E-state index in [2.05, 4.69) is 12.6 Å². The van der Waals surface area contributed by atoms with Gasteiger partial charge < -0.3 is 16.6 Å². The van der Waals surface area contributed by atoms with Gasteiger partial charge in [0.25, 0.3) is 0 Å². The van der Waals surface area contributed by atoms with E-state index in [1.54, 1.807) is 0 Å². The van der Waals surface area contributed by atoms with Crippen LogP contribution in [0, 0.1) is 0 Å². The van der Waals surface area contributed by atoms with E-state index in [0.717, 1.165) is 0 Å². The Morgan fingerprint density at radius 2 is 1.75 bits per heavy atom. The summed E-state index contributed by atoms with van der Waals surface area (Å²) >= 11 is 3.98. The molecule has 0 radical (unpaired) electrons. The van der Waals surface area contributed by atoms with Gasteiger partial charge >= 0.3 is 5.97 Å². The summed E-state index contributed by atoms with van der Waals surface area (Å²) in [7, 11) is 0. The van der Waals surface area contributed by atoms with E-state index in [9.17, 15) is 4.79 Å². The van der Waals surface area contributed by atoms with Crippen LogP contribution in [0.1, 0.15) is 10.4 Å². The third-order valence-corrected chi connectivity index (χ3v) is 1.93. The van der Waals surface area contributed by atoms with E-state index in [4.69, 9.17) is 16.6 Å². The van der Waals surface area contributed by atoms with Gasteiger partial charge in [-0.3, -0.25) is 0 Å². The number of carboxylic acids is 1. The number of anilines is 2. The van der Waals surface area contributed by atoms with Crippen LogP contribution in [0.25, 0.3) is 0 Å². The lowest BCUT2D eigenvalue weighted by molar-refractivity contribution is 0.0697. The molecule has 0 bridgehead atoms. The van der Waals surface area contributed by atoms with Crippen molar-refractivity contribution in [2.45, 2.75) is 4.90 Å². The number of hydrogen-bond donors (Lipinski definition) is 4. The number of benzene rings is 1. The minimum atomic E-state index is -1.05. The summed E-state index contributed by atoms with van der Waals surface area (Å²) in [6.07, 6.45) is 0. The van der Waals surface area contributed by atoms with Crippen molar-refractivity contribution in [1.82, 2.24) is 0 Å². The Morgan fingerprint density at radius 1 is 1.33 bits per heavy atom. The van der Waals surface area contributed by atoms with Gasteiger partial charge in [0.1, 0.15) is 0 Å². The summed E-state index contributed by atoms with van der Waals surface area (Å²) in [5.41, 5.74) is 11.5. The molecule has 0 fully saturated rings. The van der Waals surface area contributed by atoms with E-state index >= 15 is 0 Å². The van der Waals surface area contributed by atoms with Crippen molar-refractivity contribution in [3.8, 4) is 0 Å². The Hall–Kier alpha value is -1.36. The van der Waals surface area contributed by atoms with Gasteiger partial charge in [-0.1, -0.05) is 0 Å². The second kappa shape index (κ2) is 2.94. The Bertz CT molecular complexity index is 315. The van der Waals surface area contributed by atoms with E-state index in [0.29, 0.717) is 4.90 Å². The molecule has 0 saturated heterocycles. The van der Waals surface area contributed by atoms with Crippen LogP contribution in [-0.2, 0) is 0 Å². The zero-order chi connectivity index (χ0) is 9.30. The van der Waals surface area contributed by atoms with Gasteiger partial charge in [0.2, 0.25) is 0 Å². The van der Waals surface area contributed by atoms with Crippen molar-refractivity contribution in [1.29, 1.82) is 0 Å². The highest BCUT2D eigenvalue weighted by molar-refractivity contribution is 7.80. The number of carbonyl (C=O) groups is 1. The summed E-state index contributed by atoms with van der Waals surface area (Å²) < 4.78 is 0. The number of nitrogens with two attached hydrogens (primary N) is 2. The molecule has 0 unspecified atom stereocenters. The molecule has 64 valence electrons. The number of thiol groups is 1. The van der Waals surface area contributed by atoms with Gasteiger partial charge in [0, 0.05) is 11.4 Å². The highest BCUT2D eigenvalue weighted by Gasteiger charge is 2.07. The van der Waals surface area contributed by atoms with Crippen molar-refractivity contribution in [3.05, 3.63) is 17.7 Å². The maximum Gasteiger partial charge on any atom is 0.335 e. The molecule has 0 saturated carbocycles. The monoisotopic (exact) mass is 184 g/mol. The predicted octanol–water partition coefficient (Wildman–Crippen LogP) is 0.838. The van der Waals surface area contributed by atoms with Gasteiger partial charge in [-0.05, 0) is 12.1 Å². The van der Waals surface area contributed by atoms with E-state index < -0.39 is 5.97 Å². The Balaban J connectivity index is 3.31. The van der Waals surface area contributed by atoms with Crippen molar-refractivity contribution >= 4 is 30.0 Å². The Kier molecular flexibility index (Phi) is 2.14. The molecule has 0 atom stereocenters. The maximum atomic E-state index is 10.5. The molecule has 1 aromatic rings. The molecule has 12 heavy (non-hydrogen) atoms. The van der Waals surface area contributed by atoms with Crippen molar-refractivity contribution in [3.63, 3.8) is 0 Å². The number of hydrogen-bond acceptors (Lipinski definition) is 4. The van der Waals surface area contributed by atoms with Crippen LogP contribution >= 0.6 is 12.6 Å². The van der Waals surface area contributed by atoms with E-state index in [1.807, 2.05) is 0 Å². The van der Waals surface area contributed by atoms with Gasteiger partial charge in [-0.2, -0.15) is 0 Å². The van der Waals surface area contributed by atoms with Gasteiger partial charge in [0.05, 0.1) is 10.5 Å². The first-order chi connectivity index (χ1) is 5.52. The molecular weight excluding hydrogens is 176 g/mol. The van der Waals surface area contributed by atoms with E-state index in [1.165, 1.54) is 12.1 Å². The zero-order valence-corrected chi connectivity index (χ0v) is 7.01. The molecule has 4 nitrogen and oxygen atoms in total. The van der Waals surface area contributed by atoms with Gasteiger partial charge in [0.15, 0.2) is 0 Å². The molecule has 0 heterocycles. The summed E-state index contributed by atoms with van der Waals surface area (Å²) in [4.78, 5) is 10.9. The van der Waals surface area contributed by atoms with Crippen LogP contribution < -0.4 is 11.5 Å². The summed E-state index contributed by atoms with van der Waals surface area (Å²) in [6.45, 7) is 0. The lowest BCUT2D eigenvalue weighted by Crippen LogP contribution is -2.01. The highest BCUT2D eigenvalue weighted by atomic mass is 32.1. The lowest BCUT2D eigenvalue weighted by Gasteiger charge is -2.04. The SMILES string of the molecule is Nc1cc(C(=O)O)cc(N)c1S. The average Bonchev–Trinajstić information content (AvgIpc) is 1.99. The molecule has 0 spiro atoms. The topological polar surface area (TPSA) is 89.3 Å². The Labute approximate surface area is 74.6 Å². The molecule has 5 heteroatoms. The average molecular weight is 184 g/mol. The molecule has 0 aromatic heterocycles. The quantitative estimate of drug-likeness (QED) is 0.384. The third-order valence-electron chi connectivity index (χ3n) is 1.42. The second-order valence-corrected chi connectivity index (χ2v) is 2.76. The minimum absolute atomic E-state index is 0.0720. The van der Waals surface area contributed by atoms with Crippen molar-refractivity contribution in [2.75, 3.05) is 11.5 Å². The number of rotatable bonds is 1. The molecule has 0 aliphatic heterocycles. The van der Waals surface area contributed by atoms with Crippen LogP contribution in [-0.4, -0.2) is 11.1 Å². The van der Waals surface area contributed by atoms with Crippen LogP contribution in [0.2, 0.25) is 0 Å². The molecular formula is C7H8N2O2S. The fourth-order valence-electron chi connectivity index (χ4n) is 0.804. The molecule has 5 N–H and O–H groups in total. The van der Waals surface area contributed by atoms with E-state index in [-0.39, 0.29) is 16.9 Å². The first-order valence-corrected chi connectivity index (χ1v) is 3.58. The molecule has 0 aliphatic carbocycles. The fraction of sp³-hybridized carbons (Fsp3) is 0. The van der Waals surface area contributed by atoms with Gasteiger partial charge in [-0.25, -0.2) is 4.79 Å². The predicted molar refractivity (Wildman–Crippen MR) is 49.5 cm³/mol. The largest absolute Gasteiger partial charge is 0.478 e. The zero-order valence-electron chi connectivity index (χ0n) is 6.11. The summed E-state index contributed by atoms with van der Waals surface area (Å²) in [5.74, 6) is -1.05. The normalized spacial score (nSPS) is 9.75. The third kappa shape index (κ3) is 1.45. The van der Waals surface area contributed by atoms with Crippen LogP contribution in [0.3, 0.4) is 0 Å². The number of aromatic carboxylic acids is 1. The maximum absolute atomic E-state index is 10.5. The summed E-state index contributed by atoms with van der Waals surface area (Å²) in [6, 6.07) is 2.64. The number of carboxylic acid groups (broad SMARTS) is 1. The number of nitrogen functional groups attached to an aromatic ring is 2. The van der Waals surface area contributed by atoms with Gasteiger partial charge in [-0.15, -0.1) is 12.6 Å². The molecule has 0 amide bonds. The lowest BCUT2D eigenvalue weighted by atomic mass is 10.2. The minimum Gasteiger partial charge on any atom is -0.478 e. The highest BCUT2D eigenvalue weighted by Crippen LogP contribution is 2.25. The standard InChI is InChI=1S/C7H8N2O2S/c8-4-1-3(7(10)11)2-5(9)6(4)12/h1-2,12H,8-9H2,(H,10,11). The molecule has 0 aliphatic rings.